The third-order valence-electron chi connectivity index (χ3n) is 3.88. The summed E-state index contributed by atoms with van der Waals surface area (Å²) < 4.78 is 2.91. The van der Waals surface area contributed by atoms with Gasteiger partial charge in [-0.05, 0) is 43.9 Å². The number of aromatic nitrogens is 2. The number of benzene rings is 1. The standard InChI is InChI=1S/C16H19BrN4O.ClH/c17-11-4-3-5-12(10-11)21-14-7-2-1-6-13(14)15(20-21)16(22)19-9-8-18;/h3-5,10H,1-2,6-9,18H2,(H,19,22);1H. The normalized spacial score (nSPS) is 13.1. The van der Waals surface area contributed by atoms with Crippen LogP contribution >= 0.6 is 28.3 Å². The molecule has 1 aromatic heterocycles. The third-order valence-corrected chi connectivity index (χ3v) is 4.37. The summed E-state index contributed by atoms with van der Waals surface area (Å²) in [6, 6.07) is 7.98. The van der Waals surface area contributed by atoms with Crippen molar-refractivity contribution < 1.29 is 4.79 Å². The van der Waals surface area contributed by atoms with Crippen molar-refractivity contribution in [3.8, 4) is 5.69 Å². The maximum absolute atomic E-state index is 12.3. The van der Waals surface area contributed by atoms with Crippen molar-refractivity contribution in [1.29, 1.82) is 0 Å². The highest BCUT2D eigenvalue weighted by atomic mass is 79.9. The first-order chi connectivity index (χ1) is 10.7. The van der Waals surface area contributed by atoms with Crippen molar-refractivity contribution in [2.75, 3.05) is 13.1 Å². The van der Waals surface area contributed by atoms with Crippen LogP contribution < -0.4 is 11.1 Å². The summed E-state index contributed by atoms with van der Waals surface area (Å²) in [4.78, 5) is 12.3. The Hall–Kier alpha value is -1.37. The molecule has 0 spiro atoms. The molecule has 0 aliphatic heterocycles. The molecule has 3 rings (SSSR count). The van der Waals surface area contributed by atoms with Crippen molar-refractivity contribution in [3.63, 3.8) is 0 Å². The lowest BCUT2D eigenvalue weighted by Gasteiger charge is -2.14. The molecule has 0 saturated heterocycles. The van der Waals surface area contributed by atoms with Gasteiger partial charge in [0.15, 0.2) is 5.69 Å². The van der Waals surface area contributed by atoms with Gasteiger partial charge in [0.05, 0.1) is 5.69 Å². The molecule has 1 amide bonds. The zero-order chi connectivity index (χ0) is 15.5. The zero-order valence-electron chi connectivity index (χ0n) is 12.7. The SMILES string of the molecule is Cl.NCCNC(=O)c1nn(-c2cccc(Br)c2)c2c1CCCC2. The molecule has 2 aromatic rings. The molecule has 0 atom stereocenters. The quantitative estimate of drug-likeness (QED) is 0.830. The van der Waals surface area contributed by atoms with E-state index >= 15 is 0 Å². The van der Waals surface area contributed by atoms with E-state index in [0.29, 0.717) is 18.8 Å². The molecule has 7 heteroatoms. The fourth-order valence-corrected chi connectivity index (χ4v) is 3.26. The average Bonchev–Trinajstić information content (AvgIpc) is 2.92. The van der Waals surface area contributed by atoms with E-state index in [-0.39, 0.29) is 18.3 Å². The number of rotatable bonds is 4. The van der Waals surface area contributed by atoms with E-state index in [4.69, 9.17) is 5.73 Å². The lowest BCUT2D eigenvalue weighted by atomic mass is 9.95. The number of carbonyl (C=O) groups is 1. The van der Waals surface area contributed by atoms with Crippen LogP contribution in [-0.2, 0) is 12.8 Å². The Labute approximate surface area is 150 Å². The van der Waals surface area contributed by atoms with Crippen LogP contribution in [0.3, 0.4) is 0 Å². The molecule has 1 heterocycles. The maximum Gasteiger partial charge on any atom is 0.272 e. The molecule has 0 saturated carbocycles. The van der Waals surface area contributed by atoms with E-state index in [1.54, 1.807) is 0 Å². The predicted molar refractivity (Wildman–Crippen MR) is 96.5 cm³/mol. The van der Waals surface area contributed by atoms with E-state index in [1.807, 2.05) is 28.9 Å². The van der Waals surface area contributed by atoms with Gasteiger partial charge in [-0.2, -0.15) is 5.10 Å². The van der Waals surface area contributed by atoms with Crippen LogP contribution in [0.2, 0.25) is 0 Å². The number of hydrogen-bond acceptors (Lipinski definition) is 3. The molecular formula is C16H20BrClN4O. The molecular weight excluding hydrogens is 380 g/mol. The van der Waals surface area contributed by atoms with Gasteiger partial charge in [0.1, 0.15) is 0 Å². The fourth-order valence-electron chi connectivity index (χ4n) is 2.87. The Morgan fingerprint density at radius 1 is 1.35 bits per heavy atom. The second kappa shape index (κ2) is 7.95. The molecule has 1 aromatic carbocycles. The van der Waals surface area contributed by atoms with Crippen LogP contribution in [0, 0.1) is 0 Å². The van der Waals surface area contributed by atoms with Gasteiger partial charge in [-0.1, -0.05) is 22.0 Å². The molecule has 0 fully saturated rings. The molecule has 0 bridgehead atoms. The Kier molecular flexibility index (Phi) is 6.21. The minimum Gasteiger partial charge on any atom is -0.349 e. The van der Waals surface area contributed by atoms with Gasteiger partial charge < -0.3 is 11.1 Å². The van der Waals surface area contributed by atoms with Gasteiger partial charge >= 0.3 is 0 Å². The van der Waals surface area contributed by atoms with Crippen LogP contribution in [0.1, 0.15) is 34.6 Å². The second-order valence-corrected chi connectivity index (χ2v) is 6.33. The summed E-state index contributed by atoms with van der Waals surface area (Å²) in [7, 11) is 0. The van der Waals surface area contributed by atoms with Crippen molar-refractivity contribution in [2.45, 2.75) is 25.7 Å². The number of halogens is 2. The lowest BCUT2D eigenvalue weighted by Crippen LogP contribution is -2.30. The van der Waals surface area contributed by atoms with E-state index in [9.17, 15) is 4.79 Å². The van der Waals surface area contributed by atoms with Crippen molar-refractivity contribution >= 4 is 34.2 Å². The summed E-state index contributed by atoms with van der Waals surface area (Å²) in [5.74, 6) is -0.127. The van der Waals surface area contributed by atoms with E-state index in [2.05, 4.69) is 26.3 Å². The Morgan fingerprint density at radius 2 is 2.13 bits per heavy atom. The smallest absolute Gasteiger partial charge is 0.272 e. The summed E-state index contributed by atoms with van der Waals surface area (Å²) in [6.07, 6.45) is 4.11. The Morgan fingerprint density at radius 3 is 2.87 bits per heavy atom. The number of fused-ring (bicyclic) bond motifs is 1. The molecule has 1 aliphatic rings. The van der Waals surface area contributed by atoms with Crippen molar-refractivity contribution in [2.24, 2.45) is 5.73 Å². The van der Waals surface area contributed by atoms with Gasteiger partial charge in [-0.25, -0.2) is 4.68 Å². The summed E-state index contributed by atoms with van der Waals surface area (Å²) in [5.41, 5.74) is 9.22. The third kappa shape index (κ3) is 3.76. The molecule has 3 N–H and O–H groups in total. The molecule has 1 aliphatic carbocycles. The molecule has 23 heavy (non-hydrogen) atoms. The highest BCUT2D eigenvalue weighted by molar-refractivity contribution is 9.10. The second-order valence-electron chi connectivity index (χ2n) is 5.42. The van der Waals surface area contributed by atoms with Gasteiger partial charge in [0, 0.05) is 28.8 Å². The highest BCUT2D eigenvalue weighted by Gasteiger charge is 2.25. The molecule has 0 radical (unpaired) electrons. The van der Waals surface area contributed by atoms with Gasteiger partial charge in [0.25, 0.3) is 5.91 Å². The Balaban J connectivity index is 0.00000192. The summed E-state index contributed by atoms with van der Waals surface area (Å²) >= 11 is 3.49. The number of amides is 1. The van der Waals surface area contributed by atoms with Crippen LogP contribution in [0.5, 0.6) is 0 Å². The number of carbonyl (C=O) groups excluding carboxylic acids is 1. The van der Waals surface area contributed by atoms with Gasteiger partial charge in [0.2, 0.25) is 0 Å². The molecule has 0 unspecified atom stereocenters. The van der Waals surface area contributed by atoms with Gasteiger partial charge in [-0.3, -0.25) is 4.79 Å². The number of hydrogen-bond donors (Lipinski definition) is 2. The Bertz CT molecular complexity index is 701. The first kappa shape index (κ1) is 18.0. The zero-order valence-corrected chi connectivity index (χ0v) is 15.1. The lowest BCUT2D eigenvalue weighted by molar-refractivity contribution is 0.0948. The average molecular weight is 400 g/mol. The maximum atomic E-state index is 12.3. The number of nitrogens with two attached hydrogens (primary N) is 1. The first-order valence-corrected chi connectivity index (χ1v) is 8.35. The topological polar surface area (TPSA) is 72.9 Å². The molecule has 5 nitrogen and oxygen atoms in total. The first-order valence-electron chi connectivity index (χ1n) is 7.55. The van der Waals surface area contributed by atoms with Crippen LogP contribution in [-0.4, -0.2) is 28.8 Å². The van der Waals surface area contributed by atoms with Gasteiger partial charge in [-0.15, -0.1) is 12.4 Å². The molecule has 124 valence electrons. The monoisotopic (exact) mass is 398 g/mol. The van der Waals surface area contributed by atoms with E-state index in [0.717, 1.165) is 47.1 Å². The minimum atomic E-state index is -0.127. The van der Waals surface area contributed by atoms with Crippen LogP contribution in [0.4, 0.5) is 0 Å². The summed E-state index contributed by atoms with van der Waals surface area (Å²) in [5, 5.41) is 7.42. The van der Waals surface area contributed by atoms with Crippen molar-refractivity contribution in [3.05, 3.63) is 45.7 Å². The highest BCUT2D eigenvalue weighted by Crippen LogP contribution is 2.27. The van der Waals surface area contributed by atoms with Crippen LogP contribution in [0.15, 0.2) is 28.7 Å². The minimum absolute atomic E-state index is 0. The number of nitrogens with one attached hydrogen (secondary N) is 1. The summed E-state index contributed by atoms with van der Waals surface area (Å²) in [6.45, 7) is 0.900. The van der Waals surface area contributed by atoms with Crippen LogP contribution in [0.25, 0.3) is 5.69 Å². The number of nitrogens with zero attached hydrogens (tertiary/aromatic N) is 2. The van der Waals surface area contributed by atoms with Crippen molar-refractivity contribution in [1.82, 2.24) is 15.1 Å². The fraction of sp³-hybridized carbons (Fsp3) is 0.375. The van der Waals surface area contributed by atoms with E-state index < -0.39 is 0 Å². The van der Waals surface area contributed by atoms with E-state index in [1.165, 1.54) is 0 Å². The predicted octanol–water partition coefficient (Wildman–Crippen LogP) is 2.62. The largest absolute Gasteiger partial charge is 0.349 e.